The molecule has 4 aromatic rings. The zero-order valence-corrected chi connectivity index (χ0v) is 24.0. The van der Waals surface area contributed by atoms with Crippen molar-refractivity contribution in [3.8, 4) is 28.6 Å². The summed E-state index contributed by atoms with van der Waals surface area (Å²) in [6.07, 6.45) is -0.603. The number of nitrogens with zero attached hydrogens (tertiary/aromatic N) is 2. The highest BCUT2D eigenvalue weighted by Gasteiger charge is 2.46. The molecule has 2 aromatic heterocycles. The van der Waals surface area contributed by atoms with Gasteiger partial charge in [0.25, 0.3) is 5.89 Å². The predicted octanol–water partition coefficient (Wildman–Crippen LogP) is 6.70. The Balaban J connectivity index is 1.44. The highest BCUT2D eigenvalue weighted by atomic mass is 35.5. The molecule has 0 aliphatic carbocycles. The molecule has 5 rings (SSSR count). The average Bonchev–Trinajstić information content (AvgIpc) is 3.53. The van der Waals surface area contributed by atoms with Crippen LogP contribution in [0.3, 0.4) is 0 Å². The smallest absolute Gasteiger partial charge is 0.408 e. The molecule has 0 spiro atoms. The maximum Gasteiger partial charge on any atom is 0.408 e. The minimum Gasteiger partial charge on any atom is -0.492 e. The number of furan rings is 1. The van der Waals surface area contributed by atoms with E-state index in [-0.39, 0.29) is 13.2 Å². The molecule has 40 heavy (non-hydrogen) atoms. The summed E-state index contributed by atoms with van der Waals surface area (Å²) in [6, 6.07) is 12.7. The van der Waals surface area contributed by atoms with Gasteiger partial charge in [0.05, 0.1) is 24.8 Å². The van der Waals surface area contributed by atoms with E-state index in [9.17, 15) is 4.79 Å². The van der Waals surface area contributed by atoms with Crippen LogP contribution in [-0.2, 0) is 19.7 Å². The van der Waals surface area contributed by atoms with Crippen LogP contribution in [0.25, 0.3) is 33.8 Å². The zero-order chi connectivity index (χ0) is 28.7. The summed E-state index contributed by atoms with van der Waals surface area (Å²) in [5.74, 6) is 0.983. The number of alkyl carbamates (subject to hydrolysis) is 1. The van der Waals surface area contributed by atoms with Crippen molar-refractivity contribution in [1.29, 1.82) is 0 Å². The Morgan fingerprint density at radius 1 is 1.07 bits per heavy atom. The third-order valence-corrected chi connectivity index (χ3v) is 6.52. The van der Waals surface area contributed by atoms with Crippen molar-refractivity contribution in [2.75, 3.05) is 19.8 Å². The average molecular weight is 570 g/mol. The van der Waals surface area contributed by atoms with Gasteiger partial charge in [-0.3, -0.25) is 0 Å². The van der Waals surface area contributed by atoms with Crippen molar-refractivity contribution in [1.82, 2.24) is 15.5 Å². The molecular weight excluding hydrogens is 538 g/mol. The lowest BCUT2D eigenvalue weighted by molar-refractivity contribution is -0.274. The van der Waals surface area contributed by atoms with Gasteiger partial charge in [-0.25, -0.2) is 4.79 Å². The number of hydrogen-bond donors (Lipinski definition) is 1. The van der Waals surface area contributed by atoms with Gasteiger partial charge in [0.1, 0.15) is 28.2 Å². The fourth-order valence-electron chi connectivity index (χ4n) is 4.24. The maximum absolute atomic E-state index is 12.8. The molecular formula is C29H32ClN3O7. The van der Waals surface area contributed by atoms with Gasteiger partial charge in [-0.1, -0.05) is 16.8 Å². The van der Waals surface area contributed by atoms with Crippen molar-refractivity contribution in [2.45, 2.75) is 58.5 Å². The molecule has 1 N–H and O–H groups in total. The zero-order valence-electron chi connectivity index (χ0n) is 23.3. The summed E-state index contributed by atoms with van der Waals surface area (Å²) in [7, 11) is 0. The van der Waals surface area contributed by atoms with Crippen LogP contribution >= 0.6 is 11.6 Å². The summed E-state index contributed by atoms with van der Waals surface area (Å²) in [6.45, 7) is 11.7. The number of aromatic nitrogens is 2. The lowest BCUT2D eigenvalue weighted by Gasteiger charge is -2.42. The molecule has 3 heterocycles. The van der Waals surface area contributed by atoms with Crippen LogP contribution in [0, 0.1) is 0 Å². The molecule has 0 unspecified atom stereocenters. The summed E-state index contributed by atoms with van der Waals surface area (Å²) >= 11 is 6.33. The molecule has 1 amide bonds. The number of ether oxygens (including phenoxy) is 4. The topological polar surface area (TPSA) is 118 Å². The third-order valence-electron chi connectivity index (χ3n) is 6.22. The molecule has 0 atom stereocenters. The number of halogens is 1. The quantitative estimate of drug-likeness (QED) is 0.270. The van der Waals surface area contributed by atoms with Crippen LogP contribution in [0.15, 0.2) is 51.4 Å². The molecule has 2 aromatic carbocycles. The molecule has 10 nitrogen and oxygen atoms in total. The number of rotatable bonds is 6. The Bertz CT molecular complexity index is 1530. The van der Waals surface area contributed by atoms with Crippen molar-refractivity contribution >= 4 is 28.7 Å². The number of amides is 1. The molecule has 0 radical (unpaired) electrons. The third kappa shape index (κ3) is 5.94. The van der Waals surface area contributed by atoms with Gasteiger partial charge >= 0.3 is 6.09 Å². The van der Waals surface area contributed by atoms with E-state index in [0.29, 0.717) is 46.0 Å². The minimum atomic E-state index is -1.09. The Kier molecular flexibility index (Phi) is 7.28. The maximum atomic E-state index is 12.8. The highest BCUT2D eigenvalue weighted by molar-refractivity contribution is 6.32. The lowest BCUT2D eigenvalue weighted by atomic mass is 9.96. The van der Waals surface area contributed by atoms with Crippen LogP contribution in [0.4, 0.5) is 4.79 Å². The van der Waals surface area contributed by atoms with Crippen molar-refractivity contribution in [3.63, 3.8) is 0 Å². The summed E-state index contributed by atoms with van der Waals surface area (Å²) < 4.78 is 34.6. The summed E-state index contributed by atoms with van der Waals surface area (Å²) in [4.78, 5) is 17.3. The monoisotopic (exact) mass is 569 g/mol. The second kappa shape index (κ2) is 10.4. The first-order valence-electron chi connectivity index (χ1n) is 13.0. The Labute approximate surface area is 236 Å². The molecule has 11 heteroatoms. The van der Waals surface area contributed by atoms with E-state index in [1.165, 1.54) is 0 Å². The van der Waals surface area contributed by atoms with E-state index in [2.05, 4.69) is 15.5 Å². The van der Waals surface area contributed by atoms with Gasteiger partial charge in [-0.2, -0.15) is 4.98 Å². The van der Waals surface area contributed by atoms with E-state index in [4.69, 9.17) is 39.5 Å². The normalized spacial score (nSPS) is 16.6. The summed E-state index contributed by atoms with van der Waals surface area (Å²) in [5.41, 5.74) is 0.233. The van der Waals surface area contributed by atoms with Crippen LogP contribution < -0.4 is 10.1 Å². The van der Waals surface area contributed by atoms with E-state index < -0.39 is 23.0 Å². The van der Waals surface area contributed by atoms with Crippen LogP contribution in [0.5, 0.6) is 5.75 Å². The minimum absolute atomic E-state index is 0.130. The van der Waals surface area contributed by atoms with Crippen LogP contribution in [0.2, 0.25) is 5.02 Å². The number of carbonyl (C=O) groups excluding carboxylic acids is 1. The van der Waals surface area contributed by atoms with Gasteiger partial charge in [0.15, 0.2) is 5.79 Å². The Morgan fingerprint density at radius 3 is 2.48 bits per heavy atom. The molecule has 212 valence electrons. The fraction of sp³-hybridized carbons (Fsp3) is 0.414. The van der Waals surface area contributed by atoms with Crippen molar-refractivity contribution < 1.29 is 32.7 Å². The number of nitrogens with one attached hydrogen (secondary N) is 1. The van der Waals surface area contributed by atoms with Crippen LogP contribution in [-0.4, -0.2) is 47.4 Å². The first-order valence-corrected chi connectivity index (χ1v) is 13.3. The van der Waals surface area contributed by atoms with Crippen molar-refractivity contribution in [3.05, 3.63) is 53.2 Å². The molecule has 1 aliphatic heterocycles. The largest absolute Gasteiger partial charge is 0.492 e. The molecule has 1 fully saturated rings. The van der Waals surface area contributed by atoms with E-state index in [1.807, 2.05) is 51.1 Å². The van der Waals surface area contributed by atoms with E-state index >= 15 is 0 Å². The molecule has 1 saturated heterocycles. The van der Waals surface area contributed by atoms with Gasteiger partial charge in [-0.15, -0.1) is 0 Å². The van der Waals surface area contributed by atoms with Gasteiger partial charge < -0.3 is 33.2 Å². The van der Waals surface area contributed by atoms with E-state index in [0.717, 1.165) is 10.9 Å². The van der Waals surface area contributed by atoms with Gasteiger partial charge in [0, 0.05) is 16.5 Å². The SMILES string of the molecule is CCOc1ccc(-c2nc(-c3ccc4oc(C5(NC(=O)OC(C)(C)C)COC(C)(C)OC5)cc4c3)no2)cc1Cl. The second-order valence-corrected chi connectivity index (χ2v) is 11.5. The van der Waals surface area contributed by atoms with Crippen LogP contribution in [0.1, 0.15) is 47.3 Å². The Morgan fingerprint density at radius 2 is 1.80 bits per heavy atom. The first kappa shape index (κ1) is 27.9. The lowest BCUT2D eigenvalue weighted by Crippen LogP contribution is -2.59. The molecule has 0 saturated carbocycles. The highest BCUT2D eigenvalue weighted by Crippen LogP contribution is 2.36. The number of fused-ring (bicyclic) bond motifs is 1. The molecule has 0 bridgehead atoms. The second-order valence-electron chi connectivity index (χ2n) is 11.1. The number of benzene rings is 2. The summed E-state index contributed by atoms with van der Waals surface area (Å²) in [5, 5.41) is 8.31. The van der Waals surface area contributed by atoms with Crippen molar-refractivity contribution in [2.24, 2.45) is 0 Å². The molecule has 1 aliphatic rings. The fourth-order valence-corrected chi connectivity index (χ4v) is 4.47. The Hall–Kier alpha value is -3.60. The predicted molar refractivity (Wildman–Crippen MR) is 148 cm³/mol. The number of hydrogen-bond acceptors (Lipinski definition) is 9. The van der Waals surface area contributed by atoms with Gasteiger partial charge in [-0.05, 0) is 84.0 Å². The standard InChI is InChI=1S/C29H32ClN3O7/c1-7-35-22-11-9-18(13-20(22)30)25-31-24(33-40-25)17-8-10-21-19(12-17)14-23(38-21)29(15-36-28(5,6)37-16-29)32-26(34)39-27(2,3)4/h8-14H,7,15-16H2,1-6H3,(H,32,34). The van der Waals surface area contributed by atoms with Gasteiger partial charge in [0.2, 0.25) is 5.82 Å². The van der Waals surface area contributed by atoms with E-state index in [1.54, 1.807) is 32.9 Å². The first-order chi connectivity index (χ1) is 18.9. The number of carbonyl (C=O) groups is 1.